The van der Waals surface area contributed by atoms with Gasteiger partial charge in [0.25, 0.3) is 0 Å². The van der Waals surface area contributed by atoms with Gasteiger partial charge in [-0.05, 0) is 25.7 Å². The molecule has 0 radical (unpaired) electrons. The zero-order valence-electron chi connectivity index (χ0n) is 12.1. The summed E-state index contributed by atoms with van der Waals surface area (Å²) in [5, 5.41) is 12.7. The molecule has 3 atom stereocenters. The summed E-state index contributed by atoms with van der Waals surface area (Å²) >= 11 is 0. The van der Waals surface area contributed by atoms with Crippen molar-refractivity contribution in [2.75, 3.05) is 0 Å². The quantitative estimate of drug-likeness (QED) is 0.747. The summed E-state index contributed by atoms with van der Waals surface area (Å²) in [7, 11) is 0. The second kappa shape index (κ2) is 6.53. The maximum Gasteiger partial charge on any atom is 0.422 e. The van der Waals surface area contributed by atoms with E-state index in [4.69, 9.17) is 5.11 Å². The molecule has 8 heteroatoms. The van der Waals surface area contributed by atoms with Crippen molar-refractivity contribution in [1.29, 1.82) is 0 Å². The Labute approximate surface area is 121 Å². The van der Waals surface area contributed by atoms with Crippen molar-refractivity contribution in [3.8, 4) is 0 Å². The van der Waals surface area contributed by atoms with Crippen LogP contribution in [0.15, 0.2) is 0 Å². The van der Waals surface area contributed by atoms with Gasteiger partial charge in [0.05, 0.1) is 0 Å². The van der Waals surface area contributed by atoms with Gasteiger partial charge >= 0.3 is 18.2 Å². The number of amides is 2. The van der Waals surface area contributed by atoms with Gasteiger partial charge in [-0.15, -0.1) is 0 Å². The fourth-order valence-corrected chi connectivity index (χ4v) is 2.49. The van der Waals surface area contributed by atoms with Crippen molar-refractivity contribution in [3.63, 3.8) is 0 Å². The molecule has 1 aliphatic carbocycles. The van der Waals surface area contributed by atoms with Gasteiger partial charge in [0, 0.05) is 6.04 Å². The molecule has 1 aliphatic rings. The number of carbonyl (C=O) groups excluding carboxylic acids is 1. The molecular weight excluding hydrogens is 289 g/mol. The Morgan fingerprint density at radius 1 is 1.29 bits per heavy atom. The maximum absolute atomic E-state index is 12.8. The minimum absolute atomic E-state index is 0.213. The molecule has 21 heavy (non-hydrogen) atoms. The van der Waals surface area contributed by atoms with E-state index in [1.165, 1.54) is 5.32 Å². The van der Waals surface area contributed by atoms with Gasteiger partial charge in [0.1, 0.15) is 0 Å². The van der Waals surface area contributed by atoms with E-state index in [-0.39, 0.29) is 6.04 Å². The van der Waals surface area contributed by atoms with Crippen LogP contribution in [0.2, 0.25) is 0 Å². The first kappa shape index (κ1) is 17.6. The number of nitrogens with one attached hydrogen (secondary N) is 2. The van der Waals surface area contributed by atoms with Crippen LogP contribution in [0, 0.1) is 5.92 Å². The van der Waals surface area contributed by atoms with E-state index >= 15 is 0 Å². The van der Waals surface area contributed by atoms with Crippen LogP contribution in [0.4, 0.5) is 18.0 Å². The van der Waals surface area contributed by atoms with Crippen LogP contribution in [-0.2, 0) is 4.79 Å². The average Bonchev–Trinajstić information content (AvgIpc) is 2.37. The van der Waals surface area contributed by atoms with Crippen molar-refractivity contribution >= 4 is 12.0 Å². The molecule has 1 rings (SSSR count). The summed E-state index contributed by atoms with van der Waals surface area (Å²) in [5.74, 6) is -1.70. The van der Waals surface area contributed by atoms with Gasteiger partial charge in [-0.2, -0.15) is 13.2 Å². The Kier molecular flexibility index (Phi) is 5.47. The highest BCUT2D eigenvalue weighted by atomic mass is 19.4. The third kappa shape index (κ3) is 4.25. The van der Waals surface area contributed by atoms with E-state index in [9.17, 15) is 22.8 Å². The third-order valence-corrected chi connectivity index (χ3v) is 4.05. The van der Waals surface area contributed by atoms with E-state index in [1.807, 2.05) is 6.92 Å². The number of halogens is 3. The Morgan fingerprint density at radius 3 is 2.38 bits per heavy atom. The number of rotatable bonds is 4. The van der Waals surface area contributed by atoms with Crippen molar-refractivity contribution < 1.29 is 27.9 Å². The lowest BCUT2D eigenvalue weighted by atomic mass is 9.84. The van der Waals surface area contributed by atoms with Gasteiger partial charge < -0.3 is 15.7 Å². The van der Waals surface area contributed by atoms with Crippen LogP contribution in [0.3, 0.4) is 0 Å². The first-order valence-electron chi connectivity index (χ1n) is 6.99. The van der Waals surface area contributed by atoms with Crippen LogP contribution < -0.4 is 10.6 Å². The average molecular weight is 310 g/mol. The van der Waals surface area contributed by atoms with Crippen LogP contribution >= 0.6 is 0 Å². The van der Waals surface area contributed by atoms with E-state index in [2.05, 4.69) is 5.32 Å². The molecule has 2 amide bonds. The van der Waals surface area contributed by atoms with E-state index in [0.29, 0.717) is 25.7 Å². The number of aliphatic carboxylic acids is 1. The van der Waals surface area contributed by atoms with E-state index in [1.54, 1.807) is 0 Å². The lowest BCUT2D eigenvalue weighted by Gasteiger charge is -2.32. The molecule has 3 N–H and O–H groups in total. The standard InChI is InChI=1S/C13H21F3N2O3/c1-3-8-5-4-6-9(7-8)17-11(21)18-12(2,10(19)20)13(14,15)16/h8-9H,3-7H2,1-2H3,(H,19,20)(H2,17,18,21). The Balaban J connectivity index is 2.65. The summed E-state index contributed by atoms with van der Waals surface area (Å²) in [5.41, 5.74) is -3.30. The van der Waals surface area contributed by atoms with Gasteiger partial charge in [0.2, 0.25) is 5.54 Å². The number of urea groups is 1. The summed E-state index contributed by atoms with van der Waals surface area (Å²) in [4.78, 5) is 22.5. The highest BCUT2D eigenvalue weighted by Gasteiger charge is 2.58. The Bertz CT molecular complexity index is 401. The number of alkyl halides is 3. The molecule has 122 valence electrons. The molecule has 0 bridgehead atoms. The van der Waals surface area contributed by atoms with Crippen molar-refractivity contribution in [1.82, 2.24) is 10.6 Å². The summed E-state index contributed by atoms with van der Waals surface area (Å²) in [6.45, 7) is 2.46. The molecule has 0 aromatic heterocycles. The van der Waals surface area contributed by atoms with E-state index < -0.39 is 23.7 Å². The van der Waals surface area contributed by atoms with Gasteiger partial charge in [-0.25, -0.2) is 9.59 Å². The van der Waals surface area contributed by atoms with Crippen LogP contribution in [0.25, 0.3) is 0 Å². The number of carboxylic acid groups (broad SMARTS) is 1. The van der Waals surface area contributed by atoms with Gasteiger partial charge in [-0.3, -0.25) is 0 Å². The highest BCUT2D eigenvalue weighted by Crippen LogP contribution is 2.31. The largest absolute Gasteiger partial charge is 0.479 e. The first-order chi connectivity index (χ1) is 9.60. The number of hydrogen-bond acceptors (Lipinski definition) is 2. The summed E-state index contributed by atoms with van der Waals surface area (Å²) in [6, 6.07) is -1.31. The minimum atomic E-state index is -5.07. The number of hydrogen-bond donors (Lipinski definition) is 3. The van der Waals surface area contributed by atoms with Gasteiger partial charge in [0.15, 0.2) is 0 Å². The number of carboxylic acids is 1. The van der Waals surface area contributed by atoms with Crippen LogP contribution in [0.1, 0.15) is 46.0 Å². The SMILES string of the molecule is CCC1CCCC(NC(=O)NC(C)(C(=O)O)C(F)(F)F)C1. The lowest BCUT2D eigenvalue weighted by molar-refractivity contribution is -0.203. The molecule has 3 unspecified atom stereocenters. The van der Waals surface area contributed by atoms with Crippen LogP contribution in [0.5, 0.6) is 0 Å². The van der Waals surface area contributed by atoms with Gasteiger partial charge in [-0.1, -0.05) is 26.2 Å². The molecule has 5 nitrogen and oxygen atoms in total. The topological polar surface area (TPSA) is 78.4 Å². The highest BCUT2D eigenvalue weighted by molar-refractivity contribution is 5.86. The summed E-state index contributed by atoms with van der Waals surface area (Å²) in [6.07, 6.45) is -0.770. The Morgan fingerprint density at radius 2 is 1.90 bits per heavy atom. The molecule has 0 aliphatic heterocycles. The van der Waals surface area contributed by atoms with Crippen molar-refractivity contribution in [2.24, 2.45) is 5.92 Å². The second-order valence-electron chi connectivity index (χ2n) is 5.66. The third-order valence-electron chi connectivity index (χ3n) is 4.05. The smallest absolute Gasteiger partial charge is 0.422 e. The molecule has 1 saturated carbocycles. The summed E-state index contributed by atoms with van der Waals surface area (Å²) < 4.78 is 38.4. The molecule has 0 saturated heterocycles. The fourth-order valence-electron chi connectivity index (χ4n) is 2.49. The zero-order chi connectivity index (χ0) is 16.3. The van der Waals surface area contributed by atoms with Crippen molar-refractivity contribution in [3.05, 3.63) is 0 Å². The van der Waals surface area contributed by atoms with E-state index in [0.717, 1.165) is 19.3 Å². The second-order valence-corrected chi connectivity index (χ2v) is 5.66. The predicted octanol–water partition coefficient (Wildman–Crippen LogP) is 2.66. The van der Waals surface area contributed by atoms with Crippen LogP contribution in [-0.4, -0.2) is 34.9 Å². The monoisotopic (exact) mass is 310 g/mol. The molecule has 1 fully saturated rings. The molecule has 0 heterocycles. The molecule has 0 spiro atoms. The van der Waals surface area contributed by atoms with Crippen molar-refractivity contribution in [2.45, 2.75) is 63.7 Å². The molecule has 0 aromatic rings. The zero-order valence-corrected chi connectivity index (χ0v) is 12.1. The maximum atomic E-state index is 12.8. The normalized spacial score (nSPS) is 25.8. The lowest BCUT2D eigenvalue weighted by Crippen LogP contribution is -2.64. The first-order valence-corrected chi connectivity index (χ1v) is 6.99. The fraction of sp³-hybridized carbons (Fsp3) is 0.846. The molecular formula is C13H21F3N2O3. The predicted molar refractivity (Wildman–Crippen MR) is 69.8 cm³/mol. The minimum Gasteiger partial charge on any atom is -0.479 e. The number of carbonyl (C=O) groups is 2. The molecule has 0 aromatic carbocycles. The Hall–Kier alpha value is -1.47.